The van der Waals surface area contributed by atoms with E-state index in [1.165, 1.54) is 5.56 Å². The molecule has 32 heavy (non-hydrogen) atoms. The molecule has 2 aromatic rings. The van der Waals surface area contributed by atoms with Crippen LogP contribution in [0.3, 0.4) is 0 Å². The number of likely N-dealkylation sites (tertiary alicyclic amines) is 1. The summed E-state index contributed by atoms with van der Waals surface area (Å²) in [5.41, 5.74) is 3.83. The number of anilines is 1. The molecule has 168 valence electrons. The molecule has 2 heterocycles. The molecule has 2 aliphatic rings. The highest BCUT2D eigenvalue weighted by Gasteiger charge is 2.28. The van der Waals surface area contributed by atoms with Gasteiger partial charge in [0.25, 0.3) is 5.91 Å². The van der Waals surface area contributed by atoms with Crippen LogP contribution in [0.4, 0.5) is 5.69 Å². The summed E-state index contributed by atoms with van der Waals surface area (Å²) in [7, 11) is 0. The standard InChI is InChI=1S/C26H31N3O3/c1-19-12-17-29(27-19)24-10-8-23(9-11-24)26(31)32-20(2)25(30)28-15-13-22(14-16-28)18-21-6-4-3-5-7-21/h3-11,20,22H,12-18H2,1-2H3. The smallest absolute Gasteiger partial charge is 0.338 e. The summed E-state index contributed by atoms with van der Waals surface area (Å²) < 4.78 is 5.49. The van der Waals surface area contributed by atoms with Gasteiger partial charge in [0.05, 0.1) is 11.3 Å². The van der Waals surface area contributed by atoms with Crippen LogP contribution in [0.25, 0.3) is 0 Å². The van der Waals surface area contributed by atoms with Crippen LogP contribution in [-0.4, -0.2) is 48.2 Å². The summed E-state index contributed by atoms with van der Waals surface area (Å²) in [5, 5.41) is 6.40. The zero-order valence-electron chi connectivity index (χ0n) is 18.9. The van der Waals surface area contributed by atoms with Crippen molar-refractivity contribution < 1.29 is 14.3 Å². The minimum absolute atomic E-state index is 0.116. The summed E-state index contributed by atoms with van der Waals surface area (Å²) in [6.07, 6.45) is 3.15. The Hall–Kier alpha value is -3.15. The summed E-state index contributed by atoms with van der Waals surface area (Å²) in [4.78, 5) is 27.2. The van der Waals surface area contributed by atoms with Crippen LogP contribution in [0, 0.1) is 5.92 Å². The van der Waals surface area contributed by atoms with Crippen molar-refractivity contribution in [1.29, 1.82) is 0 Å². The average molecular weight is 434 g/mol. The molecule has 1 saturated heterocycles. The Morgan fingerprint density at radius 2 is 1.72 bits per heavy atom. The second kappa shape index (κ2) is 9.98. The zero-order valence-corrected chi connectivity index (χ0v) is 18.9. The maximum absolute atomic E-state index is 12.8. The molecule has 1 fully saturated rings. The van der Waals surface area contributed by atoms with E-state index in [1.54, 1.807) is 19.1 Å². The van der Waals surface area contributed by atoms with Gasteiger partial charge in [-0.25, -0.2) is 4.79 Å². The predicted octanol–water partition coefficient (Wildman–Crippen LogP) is 4.30. The molecular formula is C26H31N3O3. The normalized spacial score (nSPS) is 17.8. The lowest BCUT2D eigenvalue weighted by molar-refractivity contribution is -0.141. The molecule has 1 amide bonds. The predicted molar refractivity (Wildman–Crippen MR) is 126 cm³/mol. The highest BCUT2D eigenvalue weighted by atomic mass is 16.5. The number of carbonyl (C=O) groups excluding carboxylic acids is 2. The van der Waals surface area contributed by atoms with Crippen molar-refractivity contribution in [2.45, 2.75) is 45.6 Å². The fourth-order valence-electron chi connectivity index (χ4n) is 4.37. The molecule has 1 atom stereocenters. The monoisotopic (exact) mass is 433 g/mol. The molecule has 0 spiro atoms. The van der Waals surface area contributed by atoms with E-state index >= 15 is 0 Å². The molecule has 2 aliphatic heterocycles. The number of hydrogen-bond acceptors (Lipinski definition) is 5. The first-order valence-electron chi connectivity index (χ1n) is 11.4. The number of hydrogen-bond donors (Lipinski definition) is 0. The van der Waals surface area contributed by atoms with Crippen LogP contribution >= 0.6 is 0 Å². The number of hydrazone groups is 1. The number of carbonyl (C=O) groups is 2. The van der Waals surface area contributed by atoms with Gasteiger partial charge in [0, 0.05) is 31.8 Å². The number of esters is 1. The minimum atomic E-state index is -0.793. The van der Waals surface area contributed by atoms with E-state index < -0.39 is 12.1 Å². The second-order valence-electron chi connectivity index (χ2n) is 8.76. The first-order chi connectivity index (χ1) is 15.5. The summed E-state index contributed by atoms with van der Waals surface area (Å²) in [5.74, 6) is -0.00553. The first-order valence-corrected chi connectivity index (χ1v) is 11.4. The Labute approximate surface area is 189 Å². The van der Waals surface area contributed by atoms with Crippen LogP contribution in [0.2, 0.25) is 0 Å². The van der Waals surface area contributed by atoms with Crippen LogP contribution < -0.4 is 5.01 Å². The van der Waals surface area contributed by atoms with Gasteiger partial charge in [0.2, 0.25) is 0 Å². The van der Waals surface area contributed by atoms with Crippen molar-refractivity contribution in [3.8, 4) is 0 Å². The quantitative estimate of drug-likeness (QED) is 0.638. The zero-order chi connectivity index (χ0) is 22.5. The van der Waals surface area contributed by atoms with E-state index in [4.69, 9.17) is 4.74 Å². The third-order valence-electron chi connectivity index (χ3n) is 6.30. The van der Waals surface area contributed by atoms with Gasteiger partial charge in [-0.2, -0.15) is 5.10 Å². The van der Waals surface area contributed by atoms with E-state index in [0.717, 1.165) is 43.6 Å². The second-order valence-corrected chi connectivity index (χ2v) is 8.76. The van der Waals surface area contributed by atoms with E-state index in [1.807, 2.05) is 35.0 Å². The van der Waals surface area contributed by atoms with E-state index in [2.05, 4.69) is 29.4 Å². The lowest BCUT2D eigenvalue weighted by Crippen LogP contribution is -2.44. The molecule has 1 unspecified atom stereocenters. The Bertz CT molecular complexity index is 964. The SMILES string of the molecule is CC1=NN(c2ccc(C(=O)OC(C)C(=O)N3CCC(Cc4ccccc4)CC3)cc2)CC1. The van der Waals surface area contributed by atoms with Gasteiger partial charge >= 0.3 is 5.97 Å². The fraction of sp³-hybridized carbons (Fsp3) is 0.423. The summed E-state index contributed by atoms with van der Waals surface area (Å²) >= 11 is 0. The topological polar surface area (TPSA) is 62.2 Å². The van der Waals surface area contributed by atoms with Crippen molar-refractivity contribution in [3.05, 3.63) is 65.7 Å². The number of amides is 1. The van der Waals surface area contributed by atoms with Crippen molar-refractivity contribution >= 4 is 23.3 Å². The largest absolute Gasteiger partial charge is 0.449 e. The van der Waals surface area contributed by atoms with Gasteiger partial charge in [-0.15, -0.1) is 0 Å². The Morgan fingerprint density at radius 1 is 1.03 bits per heavy atom. The molecule has 2 aromatic carbocycles. The minimum Gasteiger partial charge on any atom is -0.449 e. The van der Waals surface area contributed by atoms with Crippen molar-refractivity contribution in [1.82, 2.24) is 4.90 Å². The highest BCUT2D eigenvalue weighted by molar-refractivity contribution is 5.92. The molecule has 0 radical (unpaired) electrons. The Kier molecular flexibility index (Phi) is 6.88. The van der Waals surface area contributed by atoms with Crippen molar-refractivity contribution in [3.63, 3.8) is 0 Å². The number of benzene rings is 2. The first kappa shape index (κ1) is 22.1. The molecule has 6 nitrogen and oxygen atoms in total. The average Bonchev–Trinajstić information content (AvgIpc) is 3.26. The van der Waals surface area contributed by atoms with Crippen LogP contribution in [0.5, 0.6) is 0 Å². The molecular weight excluding hydrogens is 402 g/mol. The maximum atomic E-state index is 12.8. The lowest BCUT2D eigenvalue weighted by atomic mass is 9.90. The highest BCUT2D eigenvalue weighted by Crippen LogP contribution is 2.23. The third-order valence-corrected chi connectivity index (χ3v) is 6.30. The number of nitrogens with zero attached hydrogens (tertiary/aromatic N) is 3. The van der Waals surface area contributed by atoms with Crippen molar-refractivity contribution in [2.24, 2.45) is 11.0 Å². The van der Waals surface area contributed by atoms with Crippen LogP contribution in [0.15, 0.2) is 59.7 Å². The van der Waals surface area contributed by atoms with Crippen molar-refractivity contribution in [2.75, 3.05) is 24.6 Å². The number of ether oxygens (including phenoxy) is 1. The summed E-state index contributed by atoms with van der Waals surface area (Å²) in [6.45, 7) is 5.94. The lowest BCUT2D eigenvalue weighted by Gasteiger charge is -2.33. The molecule has 6 heteroatoms. The van der Waals surface area contributed by atoms with Gasteiger partial charge in [0.15, 0.2) is 6.10 Å². The molecule has 4 rings (SSSR count). The van der Waals surface area contributed by atoms with Gasteiger partial charge in [0.1, 0.15) is 0 Å². The third kappa shape index (κ3) is 5.36. The van der Waals surface area contributed by atoms with Gasteiger partial charge in [-0.05, 0) is 68.9 Å². The number of rotatable bonds is 6. The van der Waals surface area contributed by atoms with E-state index in [0.29, 0.717) is 24.6 Å². The number of piperidine rings is 1. The maximum Gasteiger partial charge on any atom is 0.338 e. The van der Waals surface area contributed by atoms with Crippen LogP contribution in [-0.2, 0) is 16.0 Å². The fourth-order valence-corrected chi connectivity index (χ4v) is 4.37. The van der Waals surface area contributed by atoms with Crippen LogP contribution in [0.1, 0.15) is 49.0 Å². The van der Waals surface area contributed by atoms with Gasteiger partial charge < -0.3 is 9.64 Å². The molecule has 0 N–H and O–H groups in total. The van der Waals surface area contributed by atoms with Gasteiger partial charge in [-0.1, -0.05) is 30.3 Å². The Balaban J connectivity index is 1.26. The molecule has 0 aromatic heterocycles. The van der Waals surface area contributed by atoms with Gasteiger partial charge in [-0.3, -0.25) is 9.80 Å². The van der Waals surface area contributed by atoms with E-state index in [9.17, 15) is 9.59 Å². The Morgan fingerprint density at radius 3 is 2.34 bits per heavy atom. The molecule has 0 aliphatic carbocycles. The van der Waals surface area contributed by atoms with E-state index in [-0.39, 0.29) is 5.91 Å². The molecule has 0 saturated carbocycles. The summed E-state index contributed by atoms with van der Waals surface area (Å²) in [6, 6.07) is 17.7. The molecule has 0 bridgehead atoms.